The lowest BCUT2D eigenvalue weighted by Crippen LogP contribution is -2.59. The summed E-state index contributed by atoms with van der Waals surface area (Å²) in [5, 5.41) is 24.3. The number of amides is 1. The zero-order valence-electron chi connectivity index (χ0n) is 15.5. The Morgan fingerprint density at radius 2 is 2.30 bits per heavy atom. The summed E-state index contributed by atoms with van der Waals surface area (Å²) in [5.41, 5.74) is 1.57. The molecule has 1 fully saturated rings. The first-order valence-electron chi connectivity index (χ1n) is 8.72. The van der Waals surface area contributed by atoms with Crippen molar-refractivity contribution >= 4 is 17.2 Å². The van der Waals surface area contributed by atoms with Gasteiger partial charge in [0.25, 0.3) is 5.91 Å². The van der Waals surface area contributed by atoms with Gasteiger partial charge in [0.15, 0.2) is 0 Å². The third kappa shape index (κ3) is 4.14. The number of aromatic nitrogens is 1. The van der Waals surface area contributed by atoms with Crippen LogP contribution in [0, 0.1) is 6.92 Å². The average molecular weight is 392 g/mol. The second-order valence-corrected chi connectivity index (χ2v) is 7.66. The molecule has 0 unspecified atom stereocenters. The number of thiazole rings is 1. The maximum atomic E-state index is 12.4. The average Bonchev–Trinajstić information content (AvgIpc) is 3.10. The molecule has 4 atom stereocenters. The molecule has 1 amide bonds. The number of nitrogens with zero attached hydrogens (tertiary/aromatic N) is 1. The van der Waals surface area contributed by atoms with Crippen LogP contribution in [0.3, 0.4) is 0 Å². The van der Waals surface area contributed by atoms with E-state index >= 15 is 0 Å². The van der Waals surface area contributed by atoms with Gasteiger partial charge in [-0.05, 0) is 31.5 Å². The van der Waals surface area contributed by atoms with Gasteiger partial charge >= 0.3 is 0 Å². The molecular weight excluding hydrogens is 368 g/mol. The Morgan fingerprint density at radius 3 is 2.96 bits per heavy atom. The van der Waals surface area contributed by atoms with Gasteiger partial charge in [0, 0.05) is 13.0 Å². The summed E-state index contributed by atoms with van der Waals surface area (Å²) >= 11 is 1.24. The van der Waals surface area contributed by atoms with Gasteiger partial charge < -0.3 is 25.0 Å². The van der Waals surface area contributed by atoms with E-state index in [0.717, 1.165) is 5.56 Å². The van der Waals surface area contributed by atoms with E-state index in [9.17, 15) is 15.0 Å². The summed E-state index contributed by atoms with van der Waals surface area (Å²) in [6, 6.07) is 7.40. The van der Waals surface area contributed by atoms with Crippen molar-refractivity contribution in [1.82, 2.24) is 10.3 Å². The van der Waals surface area contributed by atoms with Gasteiger partial charge in [0.1, 0.15) is 22.3 Å². The molecule has 0 radical (unpaired) electrons. The first-order chi connectivity index (χ1) is 12.8. The molecule has 27 heavy (non-hydrogen) atoms. The predicted molar refractivity (Wildman–Crippen MR) is 101 cm³/mol. The predicted octanol–water partition coefficient (Wildman–Crippen LogP) is 1.83. The van der Waals surface area contributed by atoms with Crippen LogP contribution in [0.4, 0.5) is 0 Å². The minimum Gasteiger partial charge on any atom is -0.497 e. The molecule has 2 aromatic rings. The first-order valence-corrected chi connectivity index (χ1v) is 9.60. The molecule has 7 nitrogen and oxygen atoms in total. The van der Waals surface area contributed by atoms with Crippen LogP contribution in [-0.4, -0.2) is 52.6 Å². The topological polar surface area (TPSA) is 101 Å². The molecule has 0 bridgehead atoms. The van der Waals surface area contributed by atoms with Crippen LogP contribution in [0.15, 0.2) is 29.8 Å². The Kier molecular flexibility index (Phi) is 5.81. The molecule has 0 saturated carbocycles. The van der Waals surface area contributed by atoms with Crippen molar-refractivity contribution < 1.29 is 24.5 Å². The van der Waals surface area contributed by atoms with E-state index in [1.807, 2.05) is 24.3 Å². The summed E-state index contributed by atoms with van der Waals surface area (Å²) < 4.78 is 11.1. The highest BCUT2D eigenvalue weighted by molar-refractivity contribution is 7.11. The van der Waals surface area contributed by atoms with Crippen molar-refractivity contribution in [2.24, 2.45) is 0 Å². The van der Waals surface area contributed by atoms with Crippen LogP contribution in [-0.2, 0) is 4.74 Å². The molecule has 3 rings (SSSR count). The molecule has 1 aromatic heterocycles. The molecule has 1 aromatic carbocycles. The van der Waals surface area contributed by atoms with Crippen molar-refractivity contribution in [3.63, 3.8) is 0 Å². The maximum absolute atomic E-state index is 12.4. The van der Waals surface area contributed by atoms with Gasteiger partial charge in [-0.2, -0.15) is 0 Å². The third-order valence-electron chi connectivity index (χ3n) is 4.89. The Labute approximate surface area is 162 Å². The molecule has 0 aliphatic carbocycles. The van der Waals surface area contributed by atoms with Crippen LogP contribution in [0.5, 0.6) is 5.75 Å². The zero-order valence-corrected chi connectivity index (χ0v) is 16.3. The number of aliphatic hydroxyl groups is 2. The number of benzene rings is 1. The van der Waals surface area contributed by atoms with Crippen LogP contribution >= 0.6 is 11.3 Å². The van der Waals surface area contributed by atoms with Crippen molar-refractivity contribution in [2.75, 3.05) is 13.7 Å². The van der Waals surface area contributed by atoms with Gasteiger partial charge in [0.05, 0.1) is 30.5 Å². The summed E-state index contributed by atoms with van der Waals surface area (Å²) in [5.74, 6) is 0.375. The molecule has 146 valence electrons. The Balaban J connectivity index is 1.75. The fourth-order valence-electron chi connectivity index (χ4n) is 3.31. The van der Waals surface area contributed by atoms with Gasteiger partial charge in [-0.3, -0.25) is 4.79 Å². The molecule has 1 saturated heterocycles. The quantitative estimate of drug-likeness (QED) is 0.718. The smallest absolute Gasteiger partial charge is 0.263 e. The van der Waals surface area contributed by atoms with E-state index in [4.69, 9.17) is 9.47 Å². The Hall–Kier alpha value is -2.00. The Morgan fingerprint density at radius 1 is 1.52 bits per heavy atom. The molecule has 3 N–H and O–H groups in total. The van der Waals surface area contributed by atoms with Crippen LogP contribution < -0.4 is 10.1 Å². The lowest BCUT2D eigenvalue weighted by Gasteiger charge is -2.44. The monoisotopic (exact) mass is 392 g/mol. The minimum absolute atomic E-state index is 0.0848. The SMILES string of the molecule is COc1cccc([C@H]2C[C@@](O)(CNC(=O)c3scnc3C)[C@H](O)[C@@H](C)O2)c1. The standard InChI is InChI=1S/C19H24N2O5S/c1-11-16(27-10-21-11)18(23)20-9-19(24)8-15(26-12(2)17(19)22)13-5-4-6-14(7-13)25-3/h4-7,10,12,15,17,22,24H,8-9H2,1-3H3,(H,20,23)/t12-,15-,17-,19-/m1/s1. The highest BCUT2D eigenvalue weighted by Gasteiger charge is 2.47. The lowest BCUT2D eigenvalue weighted by molar-refractivity contribution is -0.210. The third-order valence-corrected chi connectivity index (χ3v) is 5.81. The number of hydrogen-bond donors (Lipinski definition) is 3. The number of carbonyl (C=O) groups excluding carboxylic acids is 1. The van der Waals surface area contributed by atoms with Crippen molar-refractivity contribution in [2.45, 2.75) is 44.2 Å². The number of methoxy groups -OCH3 is 1. The van der Waals surface area contributed by atoms with Gasteiger partial charge in [0.2, 0.25) is 0 Å². The fourth-order valence-corrected chi connectivity index (χ4v) is 4.03. The summed E-state index contributed by atoms with van der Waals surface area (Å²) in [6.45, 7) is 3.37. The van der Waals surface area contributed by atoms with E-state index in [1.165, 1.54) is 11.3 Å². The fraction of sp³-hybridized carbons (Fsp3) is 0.474. The Bertz CT molecular complexity index is 811. The highest BCUT2D eigenvalue weighted by atomic mass is 32.1. The number of carbonyl (C=O) groups is 1. The maximum Gasteiger partial charge on any atom is 0.263 e. The summed E-state index contributed by atoms with van der Waals surface area (Å²) in [4.78, 5) is 16.9. The van der Waals surface area contributed by atoms with E-state index in [0.29, 0.717) is 16.3 Å². The number of aryl methyl sites for hydroxylation is 1. The van der Waals surface area contributed by atoms with Gasteiger partial charge in [-0.25, -0.2) is 4.98 Å². The van der Waals surface area contributed by atoms with Crippen LogP contribution in [0.25, 0.3) is 0 Å². The largest absolute Gasteiger partial charge is 0.497 e. The number of hydrogen-bond acceptors (Lipinski definition) is 7. The number of nitrogens with one attached hydrogen (secondary N) is 1. The van der Waals surface area contributed by atoms with Crippen LogP contribution in [0.2, 0.25) is 0 Å². The van der Waals surface area contributed by atoms with Crippen LogP contribution in [0.1, 0.15) is 40.4 Å². The second kappa shape index (κ2) is 7.93. The van der Waals surface area contributed by atoms with E-state index in [-0.39, 0.29) is 18.9 Å². The number of ether oxygens (including phenoxy) is 2. The van der Waals surface area contributed by atoms with Gasteiger partial charge in [-0.1, -0.05) is 12.1 Å². The molecule has 0 spiro atoms. The summed E-state index contributed by atoms with van der Waals surface area (Å²) in [7, 11) is 1.58. The normalized spacial score (nSPS) is 28.0. The second-order valence-electron chi connectivity index (χ2n) is 6.81. The van der Waals surface area contributed by atoms with Crippen molar-refractivity contribution in [3.05, 3.63) is 45.9 Å². The van der Waals surface area contributed by atoms with E-state index in [2.05, 4.69) is 10.3 Å². The molecule has 2 heterocycles. The molecule has 1 aliphatic rings. The minimum atomic E-state index is -1.51. The molecule has 1 aliphatic heterocycles. The lowest BCUT2D eigenvalue weighted by atomic mass is 9.82. The van der Waals surface area contributed by atoms with E-state index < -0.39 is 23.9 Å². The number of rotatable bonds is 5. The zero-order chi connectivity index (χ0) is 19.6. The van der Waals surface area contributed by atoms with E-state index in [1.54, 1.807) is 26.5 Å². The van der Waals surface area contributed by atoms with Crippen molar-refractivity contribution in [1.29, 1.82) is 0 Å². The van der Waals surface area contributed by atoms with Crippen molar-refractivity contribution in [3.8, 4) is 5.75 Å². The van der Waals surface area contributed by atoms with Gasteiger partial charge in [-0.15, -0.1) is 11.3 Å². The highest BCUT2D eigenvalue weighted by Crippen LogP contribution is 2.38. The molecular formula is C19H24N2O5S. The summed E-state index contributed by atoms with van der Waals surface area (Å²) in [6.07, 6.45) is -2.00. The molecule has 8 heteroatoms. The number of aliphatic hydroxyl groups excluding tert-OH is 1. The first kappa shape index (κ1) is 19.8.